The zero-order chi connectivity index (χ0) is 24.8. The summed E-state index contributed by atoms with van der Waals surface area (Å²) >= 11 is 0. The van der Waals surface area contributed by atoms with Crippen LogP contribution in [0.4, 0.5) is 30.7 Å². The van der Waals surface area contributed by atoms with Crippen molar-refractivity contribution in [2.75, 3.05) is 6.54 Å². The molecule has 12 heteroatoms. The van der Waals surface area contributed by atoms with E-state index in [-0.39, 0.29) is 40.5 Å². The van der Waals surface area contributed by atoms with Crippen LogP contribution in [0.2, 0.25) is 0 Å². The minimum Gasteiger partial charge on any atom is -0.406 e. The number of carbonyl (C=O) groups excluding carboxylic acids is 1. The van der Waals surface area contributed by atoms with Gasteiger partial charge in [-0.05, 0) is 54.8 Å². The lowest BCUT2D eigenvalue weighted by Gasteiger charge is -2.10. The summed E-state index contributed by atoms with van der Waals surface area (Å²) in [5, 5.41) is 2.85. The predicted molar refractivity (Wildman–Crippen MR) is 109 cm³/mol. The van der Waals surface area contributed by atoms with Crippen LogP contribution in [0.5, 0.6) is 5.75 Å². The Morgan fingerprint density at radius 2 is 1.76 bits per heavy atom. The molecule has 2 aromatic carbocycles. The zero-order valence-electron chi connectivity index (χ0n) is 17.3. The van der Waals surface area contributed by atoms with Gasteiger partial charge in [-0.15, -0.1) is 13.2 Å². The maximum atomic E-state index is 14.1. The molecule has 0 spiro atoms. The van der Waals surface area contributed by atoms with Crippen molar-refractivity contribution in [3.63, 3.8) is 0 Å². The number of halogens is 7. The van der Waals surface area contributed by atoms with Gasteiger partial charge in [0.1, 0.15) is 23.0 Å². The van der Waals surface area contributed by atoms with E-state index in [0.717, 1.165) is 18.2 Å². The van der Waals surface area contributed by atoms with E-state index in [0.29, 0.717) is 11.1 Å². The molecule has 0 unspecified atom stereocenters. The second-order valence-electron chi connectivity index (χ2n) is 7.58. The van der Waals surface area contributed by atoms with Gasteiger partial charge in [0.05, 0.1) is 5.52 Å². The summed E-state index contributed by atoms with van der Waals surface area (Å²) in [6, 6.07) is 7.20. The zero-order valence-corrected chi connectivity index (χ0v) is 17.3. The van der Waals surface area contributed by atoms with E-state index < -0.39 is 35.7 Å². The number of nitrogens with one attached hydrogen (secondary N) is 3. The summed E-state index contributed by atoms with van der Waals surface area (Å²) in [5.41, 5.74) is -0.727. The molecule has 0 saturated heterocycles. The van der Waals surface area contributed by atoms with E-state index in [4.69, 9.17) is 0 Å². The monoisotopic (exact) mass is 487 g/mol. The third-order valence-corrected chi connectivity index (χ3v) is 5.23. The minimum absolute atomic E-state index is 0.00337. The van der Waals surface area contributed by atoms with E-state index in [1.165, 1.54) is 18.2 Å². The standard InChI is InChI=1S/C22H16F7N3O2/c1-10-2-4-14(23)18-17(10)13(19(32-18)21(24,25)26)6-7-30-20(33)16-9-11-8-12(34-22(27,28)29)3-5-15(11)31-16/h2-5,8-9,31-32H,6-7H2,1H3,(H,30,33). The fourth-order valence-corrected chi connectivity index (χ4v) is 3.84. The van der Waals surface area contributed by atoms with Gasteiger partial charge in [-0.25, -0.2) is 4.39 Å². The average Bonchev–Trinajstić information content (AvgIpc) is 3.31. The van der Waals surface area contributed by atoms with Gasteiger partial charge < -0.3 is 20.0 Å². The van der Waals surface area contributed by atoms with E-state index >= 15 is 0 Å². The quantitative estimate of drug-likeness (QED) is 0.303. The first-order valence-electron chi connectivity index (χ1n) is 9.87. The number of carbonyl (C=O) groups is 1. The molecule has 0 aliphatic rings. The average molecular weight is 487 g/mol. The number of amides is 1. The molecule has 1 amide bonds. The van der Waals surface area contributed by atoms with Crippen LogP contribution >= 0.6 is 0 Å². The second-order valence-corrected chi connectivity index (χ2v) is 7.58. The highest BCUT2D eigenvalue weighted by Gasteiger charge is 2.37. The van der Waals surface area contributed by atoms with Gasteiger partial charge >= 0.3 is 12.5 Å². The maximum Gasteiger partial charge on any atom is 0.573 e. The molecule has 0 saturated carbocycles. The number of H-pyrrole nitrogens is 2. The lowest BCUT2D eigenvalue weighted by molar-refractivity contribution is -0.274. The maximum absolute atomic E-state index is 14.1. The number of aromatic nitrogens is 2. The van der Waals surface area contributed by atoms with E-state index in [2.05, 4.69) is 20.0 Å². The summed E-state index contributed by atoms with van der Waals surface area (Å²) in [7, 11) is 0. The molecule has 4 rings (SSSR count). The molecule has 2 aromatic heterocycles. The summed E-state index contributed by atoms with van der Waals surface area (Å²) in [6.45, 7) is 1.35. The van der Waals surface area contributed by atoms with Crippen LogP contribution < -0.4 is 10.1 Å². The first-order chi connectivity index (χ1) is 15.8. The number of hydrogen-bond acceptors (Lipinski definition) is 2. The van der Waals surface area contributed by atoms with E-state index in [9.17, 15) is 35.5 Å². The molecule has 0 fully saturated rings. The Morgan fingerprint density at radius 3 is 2.44 bits per heavy atom. The smallest absolute Gasteiger partial charge is 0.406 e. The summed E-state index contributed by atoms with van der Waals surface area (Å²) in [6.07, 6.45) is -9.87. The van der Waals surface area contributed by atoms with Gasteiger partial charge in [-0.1, -0.05) is 6.07 Å². The Morgan fingerprint density at radius 1 is 1.03 bits per heavy atom. The second kappa shape index (κ2) is 8.26. The van der Waals surface area contributed by atoms with Crippen molar-refractivity contribution in [2.24, 2.45) is 0 Å². The topological polar surface area (TPSA) is 69.9 Å². The molecular weight excluding hydrogens is 471 g/mol. The fourth-order valence-electron chi connectivity index (χ4n) is 3.84. The van der Waals surface area contributed by atoms with Crippen molar-refractivity contribution < 1.29 is 40.3 Å². The SMILES string of the molecule is Cc1ccc(F)c2[nH]c(C(F)(F)F)c(CCNC(=O)c3cc4cc(OC(F)(F)F)ccc4[nH]3)c12. The number of rotatable bonds is 5. The Labute approximate surface area is 186 Å². The highest BCUT2D eigenvalue weighted by atomic mass is 19.4. The van der Waals surface area contributed by atoms with Crippen LogP contribution in [0.1, 0.15) is 27.3 Å². The van der Waals surface area contributed by atoms with E-state index in [1.54, 1.807) is 6.92 Å². The summed E-state index contributed by atoms with van der Waals surface area (Å²) in [4.78, 5) is 17.3. The van der Waals surface area contributed by atoms with Crippen molar-refractivity contribution >= 4 is 27.7 Å². The van der Waals surface area contributed by atoms with Gasteiger partial charge in [0.25, 0.3) is 5.91 Å². The fraction of sp³-hybridized carbons (Fsp3) is 0.227. The largest absolute Gasteiger partial charge is 0.573 e. The van der Waals surface area contributed by atoms with Gasteiger partial charge in [0.15, 0.2) is 0 Å². The Bertz CT molecular complexity index is 1380. The number of aromatic amines is 2. The van der Waals surface area contributed by atoms with Crippen molar-refractivity contribution in [2.45, 2.75) is 25.9 Å². The van der Waals surface area contributed by atoms with Crippen LogP contribution in [0.15, 0.2) is 36.4 Å². The summed E-state index contributed by atoms with van der Waals surface area (Å²) in [5.74, 6) is -1.97. The Balaban J connectivity index is 1.53. The highest BCUT2D eigenvalue weighted by Crippen LogP contribution is 2.37. The molecule has 3 N–H and O–H groups in total. The summed E-state index contributed by atoms with van der Waals surface area (Å²) < 4.78 is 95.7. The van der Waals surface area contributed by atoms with Crippen LogP contribution in [0, 0.1) is 12.7 Å². The lowest BCUT2D eigenvalue weighted by atomic mass is 10.0. The lowest BCUT2D eigenvalue weighted by Crippen LogP contribution is -2.26. The van der Waals surface area contributed by atoms with Crippen molar-refractivity contribution in [3.05, 3.63) is 64.7 Å². The van der Waals surface area contributed by atoms with E-state index in [1.807, 2.05) is 0 Å². The predicted octanol–water partition coefficient (Wildman–Crippen LogP) is 5.99. The molecule has 34 heavy (non-hydrogen) atoms. The number of fused-ring (bicyclic) bond motifs is 2. The van der Waals surface area contributed by atoms with Crippen molar-refractivity contribution in [1.29, 1.82) is 0 Å². The van der Waals surface area contributed by atoms with Gasteiger partial charge in [0.2, 0.25) is 0 Å². The van der Waals surface area contributed by atoms with Crippen LogP contribution in [-0.4, -0.2) is 28.8 Å². The van der Waals surface area contributed by atoms with Crippen LogP contribution in [0.3, 0.4) is 0 Å². The molecule has 5 nitrogen and oxygen atoms in total. The first-order valence-corrected chi connectivity index (χ1v) is 9.87. The van der Waals surface area contributed by atoms with Crippen molar-refractivity contribution in [3.8, 4) is 5.75 Å². The molecule has 0 bridgehead atoms. The minimum atomic E-state index is -4.87. The molecule has 180 valence electrons. The number of benzene rings is 2. The number of alkyl halides is 6. The first kappa shape index (κ1) is 23.5. The van der Waals surface area contributed by atoms with Crippen LogP contribution in [-0.2, 0) is 12.6 Å². The number of aryl methyl sites for hydroxylation is 1. The molecule has 0 radical (unpaired) electrons. The normalized spacial score (nSPS) is 12.5. The number of hydrogen-bond donors (Lipinski definition) is 3. The van der Waals surface area contributed by atoms with Gasteiger partial charge in [-0.2, -0.15) is 13.2 Å². The van der Waals surface area contributed by atoms with Crippen molar-refractivity contribution in [1.82, 2.24) is 15.3 Å². The Hall–Kier alpha value is -3.70. The molecular formula is C22H16F7N3O2. The molecule has 0 aliphatic carbocycles. The molecule has 0 aliphatic heterocycles. The molecule has 2 heterocycles. The van der Waals surface area contributed by atoms with Gasteiger partial charge in [0, 0.05) is 22.8 Å². The third-order valence-electron chi connectivity index (χ3n) is 5.23. The third kappa shape index (κ3) is 4.66. The Kier molecular flexibility index (Phi) is 5.70. The molecule has 4 aromatic rings. The highest BCUT2D eigenvalue weighted by molar-refractivity contribution is 5.98. The van der Waals surface area contributed by atoms with Crippen LogP contribution in [0.25, 0.3) is 21.8 Å². The number of ether oxygens (including phenoxy) is 1. The molecule has 0 atom stereocenters. The van der Waals surface area contributed by atoms with Gasteiger partial charge in [-0.3, -0.25) is 4.79 Å².